The van der Waals surface area contributed by atoms with E-state index in [1.807, 2.05) is 6.07 Å². The molecule has 4 N–H and O–H groups in total. The summed E-state index contributed by atoms with van der Waals surface area (Å²) in [5.41, 5.74) is 0.639. The van der Waals surface area contributed by atoms with Crippen LogP contribution in [-0.2, 0) is 6.54 Å². The number of nitrogens with zero attached hydrogens (tertiary/aromatic N) is 1. The molecule has 0 saturated heterocycles. The first-order valence-electron chi connectivity index (χ1n) is 7.45. The molecule has 0 radical (unpaired) electrons. The van der Waals surface area contributed by atoms with E-state index in [1.165, 1.54) is 12.3 Å². The maximum absolute atomic E-state index is 12.3. The predicted molar refractivity (Wildman–Crippen MR) is 90.7 cm³/mol. The number of hydrogen-bond acceptors (Lipinski definition) is 5. The topological polar surface area (TPSA) is 141 Å². The average Bonchev–Trinajstić information content (AvgIpc) is 2.53. The Morgan fingerprint density at radius 1 is 1.08 bits per heavy atom. The van der Waals surface area contributed by atoms with E-state index in [2.05, 4.69) is 25.3 Å². The van der Waals surface area contributed by atoms with Crippen LogP contribution in [0.4, 0.5) is 0 Å². The van der Waals surface area contributed by atoms with Crippen LogP contribution >= 0.6 is 0 Å². The summed E-state index contributed by atoms with van der Waals surface area (Å²) in [4.78, 5) is 58.3. The smallest absolute Gasteiger partial charge is 0.327 e. The molecule has 0 aromatic carbocycles. The van der Waals surface area contributed by atoms with E-state index in [-0.39, 0.29) is 28.7 Å². The molecule has 0 spiro atoms. The molecule has 3 heterocycles. The van der Waals surface area contributed by atoms with Crippen molar-refractivity contribution in [3.05, 3.63) is 71.9 Å². The molecule has 1 amide bonds. The first-order valence-corrected chi connectivity index (χ1v) is 7.45. The van der Waals surface area contributed by atoms with Gasteiger partial charge in [0.05, 0.1) is 10.9 Å². The third-order valence-electron chi connectivity index (χ3n) is 3.77. The lowest BCUT2D eigenvalue weighted by molar-refractivity contribution is 0.0950. The van der Waals surface area contributed by atoms with Gasteiger partial charge in [-0.3, -0.25) is 24.4 Å². The first-order chi connectivity index (χ1) is 11.8. The van der Waals surface area contributed by atoms with E-state index in [0.717, 1.165) is 11.3 Å². The quantitative estimate of drug-likeness (QED) is 0.524. The molecule has 3 aromatic rings. The molecule has 0 saturated carbocycles. The highest BCUT2D eigenvalue weighted by molar-refractivity contribution is 5.96. The van der Waals surface area contributed by atoms with Crippen LogP contribution in [0, 0.1) is 13.8 Å². The van der Waals surface area contributed by atoms with Gasteiger partial charge in [-0.2, -0.15) is 0 Å². The minimum Gasteiger partial charge on any atom is -0.348 e. The van der Waals surface area contributed by atoms with Crippen molar-refractivity contribution >= 4 is 16.9 Å². The average molecular weight is 341 g/mol. The van der Waals surface area contributed by atoms with Crippen molar-refractivity contribution in [1.29, 1.82) is 0 Å². The number of amides is 1. The molecule has 0 fully saturated rings. The number of carbonyl (C=O) groups excluding carboxylic acids is 1. The third kappa shape index (κ3) is 3.25. The zero-order valence-corrected chi connectivity index (χ0v) is 13.5. The largest absolute Gasteiger partial charge is 0.348 e. The van der Waals surface area contributed by atoms with Crippen molar-refractivity contribution in [3.63, 3.8) is 0 Å². The molecule has 9 heteroatoms. The van der Waals surface area contributed by atoms with Gasteiger partial charge in [0.2, 0.25) is 0 Å². The Kier molecular flexibility index (Phi) is 4.05. The van der Waals surface area contributed by atoms with Crippen LogP contribution in [0.2, 0.25) is 0 Å². The molecule has 0 bridgehead atoms. The summed E-state index contributed by atoms with van der Waals surface area (Å²) in [7, 11) is 0. The van der Waals surface area contributed by atoms with E-state index in [4.69, 9.17) is 0 Å². The molecule has 25 heavy (non-hydrogen) atoms. The van der Waals surface area contributed by atoms with Crippen LogP contribution in [0.5, 0.6) is 0 Å². The molecule has 0 aliphatic heterocycles. The van der Waals surface area contributed by atoms with Crippen molar-refractivity contribution in [2.45, 2.75) is 20.4 Å². The van der Waals surface area contributed by atoms with Gasteiger partial charge in [-0.25, -0.2) is 9.78 Å². The Morgan fingerprint density at radius 2 is 1.84 bits per heavy atom. The van der Waals surface area contributed by atoms with Gasteiger partial charge < -0.3 is 10.3 Å². The van der Waals surface area contributed by atoms with E-state index in [1.54, 1.807) is 13.8 Å². The number of hydrogen-bond donors (Lipinski definition) is 4. The Hall–Kier alpha value is -3.49. The Labute approximate surface area is 140 Å². The lowest BCUT2D eigenvalue weighted by Gasteiger charge is -2.08. The Morgan fingerprint density at radius 3 is 2.56 bits per heavy atom. The fourth-order valence-corrected chi connectivity index (χ4v) is 2.54. The molecule has 0 aliphatic rings. The molecule has 3 rings (SSSR count). The van der Waals surface area contributed by atoms with Gasteiger partial charge in [0.15, 0.2) is 0 Å². The number of nitrogens with one attached hydrogen (secondary N) is 4. The van der Waals surface area contributed by atoms with E-state index >= 15 is 0 Å². The summed E-state index contributed by atoms with van der Waals surface area (Å²) in [5.74, 6) is -0.487. The minimum absolute atomic E-state index is 0.0420. The molecular weight excluding hydrogens is 326 g/mol. The number of H-pyrrole nitrogens is 3. The van der Waals surface area contributed by atoms with Gasteiger partial charge in [0.1, 0.15) is 5.65 Å². The number of carbonyl (C=O) groups is 1. The summed E-state index contributed by atoms with van der Waals surface area (Å²) in [6.45, 7) is 3.61. The zero-order chi connectivity index (χ0) is 18.1. The highest BCUT2D eigenvalue weighted by Gasteiger charge is 2.12. The summed E-state index contributed by atoms with van der Waals surface area (Å²) in [6.07, 6.45) is 1.25. The molecule has 128 valence electrons. The number of aryl methyl sites for hydroxylation is 2. The van der Waals surface area contributed by atoms with Crippen LogP contribution in [-0.4, -0.2) is 25.8 Å². The SMILES string of the molecule is Cc1cc(C)c(CNC(=O)c2cnc3[nH]c(=O)[nH]c(=O)c3c2)c(=O)[nH]1. The first kappa shape index (κ1) is 16.4. The highest BCUT2D eigenvalue weighted by Crippen LogP contribution is 2.07. The van der Waals surface area contributed by atoms with Crippen molar-refractivity contribution < 1.29 is 4.79 Å². The number of aromatic nitrogens is 4. The summed E-state index contributed by atoms with van der Waals surface area (Å²) in [6, 6.07) is 3.15. The van der Waals surface area contributed by atoms with Crippen molar-refractivity contribution in [1.82, 2.24) is 25.3 Å². The highest BCUT2D eigenvalue weighted by atomic mass is 16.2. The monoisotopic (exact) mass is 341 g/mol. The van der Waals surface area contributed by atoms with Crippen LogP contribution in [0.25, 0.3) is 11.0 Å². The molecular formula is C16H15N5O4. The van der Waals surface area contributed by atoms with Crippen molar-refractivity contribution in [2.75, 3.05) is 0 Å². The molecule has 3 aromatic heterocycles. The number of aromatic amines is 3. The van der Waals surface area contributed by atoms with Crippen LogP contribution < -0.4 is 22.1 Å². The maximum atomic E-state index is 12.3. The van der Waals surface area contributed by atoms with Gasteiger partial charge in [0, 0.05) is 24.0 Å². The van der Waals surface area contributed by atoms with E-state index in [9.17, 15) is 19.2 Å². The number of pyridine rings is 2. The zero-order valence-electron chi connectivity index (χ0n) is 13.5. The van der Waals surface area contributed by atoms with E-state index in [0.29, 0.717) is 5.56 Å². The minimum atomic E-state index is -0.670. The molecule has 0 unspecified atom stereocenters. The molecule has 0 atom stereocenters. The molecule has 9 nitrogen and oxygen atoms in total. The normalized spacial score (nSPS) is 10.8. The van der Waals surface area contributed by atoms with Crippen LogP contribution in [0.15, 0.2) is 32.7 Å². The van der Waals surface area contributed by atoms with Crippen LogP contribution in [0.3, 0.4) is 0 Å². The summed E-state index contributed by atoms with van der Waals surface area (Å²) >= 11 is 0. The lowest BCUT2D eigenvalue weighted by Crippen LogP contribution is -2.28. The fraction of sp³-hybridized carbons (Fsp3) is 0.188. The van der Waals surface area contributed by atoms with Gasteiger partial charge in [-0.1, -0.05) is 0 Å². The number of rotatable bonds is 3. The van der Waals surface area contributed by atoms with Crippen LogP contribution in [0.1, 0.15) is 27.2 Å². The standard InChI is InChI=1S/C16H15N5O4/c1-7-3-8(2)19-15(24)11(7)6-18-13(22)9-4-10-12(17-5-9)20-16(25)21-14(10)23/h3-5H,6H2,1-2H3,(H,18,22)(H,19,24)(H2,17,20,21,23,25). The second kappa shape index (κ2) is 6.19. The summed E-state index contributed by atoms with van der Waals surface area (Å²) < 4.78 is 0. The lowest BCUT2D eigenvalue weighted by atomic mass is 10.1. The maximum Gasteiger partial charge on any atom is 0.327 e. The number of fused-ring (bicyclic) bond motifs is 1. The van der Waals surface area contributed by atoms with Gasteiger partial charge in [-0.15, -0.1) is 0 Å². The predicted octanol–water partition coefficient (Wildman–Crippen LogP) is -0.153. The van der Waals surface area contributed by atoms with Crippen molar-refractivity contribution in [3.8, 4) is 0 Å². The second-order valence-corrected chi connectivity index (χ2v) is 5.65. The van der Waals surface area contributed by atoms with Crippen molar-refractivity contribution in [2.24, 2.45) is 0 Å². The van der Waals surface area contributed by atoms with Gasteiger partial charge in [0.25, 0.3) is 17.0 Å². The Balaban J connectivity index is 1.87. The van der Waals surface area contributed by atoms with E-state index < -0.39 is 17.2 Å². The summed E-state index contributed by atoms with van der Waals surface area (Å²) in [5, 5.41) is 2.72. The fourth-order valence-electron chi connectivity index (χ4n) is 2.54. The van der Waals surface area contributed by atoms with Gasteiger partial charge in [-0.05, 0) is 31.5 Å². The Bertz CT molecular complexity index is 1160. The molecule has 0 aliphatic carbocycles. The third-order valence-corrected chi connectivity index (χ3v) is 3.77. The van der Waals surface area contributed by atoms with Gasteiger partial charge >= 0.3 is 5.69 Å². The second-order valence-electron chi connectivity index (χ2n) is 5.65.